The number of hydrogen-bond donors (Lipinski definition) is 1. The van der Waals surface area contributed by atoms with Gasteiger partial charge in [-0.1, -0.05) is 0 Å². The molecule has 1 N–H and O–H groups in total. The van der Waals surface area contributed by atoms with Crippen LogP contribution in [0.15, 0.2) is 18.7 Å². The number of imidazole rings is 1. The zero-order valence-electron chi connectivity index (χ0n) is 8.97. The zero-order chi connectivity index (χ0) is 11.1. The fourth-order valence-electron chi connectivity index (χ4n) is 1.62. The van der Waals surface area contributed by atoms with Gasteiger partial charge >= 0.3 is 0 Å². The first-order valence-electron chi connectivity index (χ1n) is 4.90. The minimum atomic E-state index is 0.674. The van der Waals surface area contributed by atoms with Gasteiger partial charge in [0.2, 0.25) is 0 Å². The van der Waals surface area contributed by atoms with Crippen LogP contribution in [0.1, 0.15) is 5.69 Å². The Kier molecular flexibility index (Phi) is 1.76. The third kappa shape index (κ3) is 1.19. The SMILES string of the molecule is Cc1c(-c2nc3ncncc3[nH]2)cnn1C. The quantitative estimate of drug-likeness (QED) is 0.657. The van der Waals surface area contributed by atoms with Crippen molar-refractivity contribution in [3.05, 3.63) is 24.4 Å². The largest absolute Gasteiger partial charge is 0.335 e. The topological polar surface area (TPSA) is 72.3 Å². The van der Waals surface area contributed by atoms with E-state index in [2.05, 4.69) is 25.0 Å². The molecule has 80 valence electrons. The third-order valence-corrected chi connectivity index (χ3v) is 2.65. The Bertz CT molecular complexity index is 617. The Labute approximate surface area is 91.4 Å². The number of nitrogens with zero attached hydrogens (tertiary/aromatic N) is 5. The van der Waals surface area contributed by atoms with Gasteiger partial charge in [0.25, 0.3) is 0 Å². The molecule has 0 amide bonds. The van der Waals surface area contributed by atoms with E-state index in [1.54, 1.807) is 12.4 Å². The van der Waals surface area contributed by atoms with Crippen LogP contribution >= 0.6 is 0 Å². The van der Waals surface area contributed by atoms with E-state index < -0.39 is 0 Å². The third-order valence-electron chi connectivity index (χ3n) is 2.65. The standard InChI is InChI=1S/C10H10N6/c1-6-7(3-13-16(6)2)9-14-8-4-11-5-12-10(8)15-9/h3-5H,1-2H3,(H,11,12,14,15). The summed E-state index contributed by atoms with van der Waals surface area (Å²) in [5.74, 6) is 0.779. The summed E-state index contributed by atoms with van der Waals surface area (Å²) in [5.41, 5.74) is 3.56. The molecule has 0 spiro atoms. The van der Waals surface area contributed by atoms with Gasteiger partial charge in [-0.15, -0.1) is 0 Å². The van der Waals surface area contributed by atoms with Crippen LogP contribution in [-0.2, 0) is 7.05 Å². The van der Waals surface area contributed by atoms with Crippen LogP contribution in [0.25, 0.3) is 22.6 Å². The number of aromatic amines is 1. The second kappa shape index (κ2) is 3.13. The molecule has 0 saturated heterocycles. The van der Waals surface area contributed by atoms with Gasteiger partial charge in [-0.05, 0) is 6.92 Å². The van der Waals surface area contributed by atoms with Gasteiger partial charge in [0.1, 0.15) is 17.7 Å². The molecule has 0 aliphatic carbocycles. The average Bonchev–Trinajstić information content (AvgIpc) is 2.84. The Balaban J connectivity index is 2.23. The zero-order valence-corrected chi connectivity index (χ0v) is 8.97. The Morgan fingerprint density at radius 2 is 2.19 bits per heavy atom. The molecule has 6 heteroatoms. The minimum Gasteiger partial charge on any atom is -0.335 e. The molecule has 16 heavy (non-hydrogen) atoms. The van der Waals surface area contributed by atoms with Crippen LogP contribution in [0.3, 0.4) is 0 Å². The lowest BCUT2D eigenvalue weighted by Crippen LogP contribution is -1.92. The summed E-state index contributed by atoms with van der Waals surface area (Å²) in [6.07, 6.45) is 4.99. The van der Waals surface area contributed by atoms with Crippen molar-refractivity contribution >= 4 is 11.2 Å². The van der Waals surface area contributed by atoms with Crippen LogP contribution in [0.2, 0.25) is 0 Å². The van der Waals surface area contributed by atoms with Crippen molar-refractivity contribution in [3.8, 4) is 11.4 Å². The molecule has 0 aromatic carbocycles. The second-order valence-corrected chi connectivity index (χ2v) is 3.61. The summed E-state index contributed by atoms with van der Waals surface area (Å²) < 4.78 is 1.81. The maximum absolute atomic E-state index is 4.40. The van der Waals surface area contributed by atoms with Gasteiger partial charge in [-0.2, -0.15) is 5.10 Å². The highest BCUT2D eigenvalue weighted by molar-refractivity contribution is 5.75. The molecule has 3 aromatic heterocycles. The molecule has 0 aliphatic heterocycles. The summed E-state index contributed by atoms with van der Waals surface area (Å²) in [5, 5.41) is 4.18. The number of fused-ring (bicyclic) bond motifs is 1. The smallest absolute Gasteiger partial charge is 0.181 e. The second-order valence-electron chi connectivity index (χ2n) is 3.61. The van der Waals surface area contributed by atoms with Crippen molar-refractivity contribution in [2.75, 3.05) is 0 Å². The number of hydrogen-bond acceptors (Lipinski definition) is 4. The van der Waals surface area contributed by atoms with Gasteiger partial charge in [-0.3, -0.25) is 4.68 Å². The first-order chi connectivity index (χ1) is 7.75. The number of rotatable bonds is 1. The Hall–Kier alpha value is -2.24. The monoisotopic (exact) mass is 214 g/mol. The highest BCUT2D eigenvalue weighted by Crippen LogP contribution is 2.21. The van der Waals surface area contributed by atoms with E-state index in [1.165, 1.54) is 6.33 Å². The maximum atomic E-state index is 4.40. The molecule has 0 fully saturated rings. The molecule has 0 aliphatic rings. The van der Waals surface area contributed by atoms with Gasteiger partial charge in [0.15, 0.2) is 5.65 Å². The van der Waals surface area contributed by atoms with Crippen molar-refractivity contribution in [2.24, 2.45) is 7.05 Å². The van der Waals surface area contributed by atoms with E-state index in [-0.39, 0.29) is 0 Å². The predicted octanol–water partition coefficient (Wildman–Crippen LogP) is 1.06. The fourth-order valence-corrected chi connectivity index (χ4v) is 1.62. The maximum Gasteiger partial charge on any atom is 0.181 e. The van der Waals surface area contributed by atoms with E-state index >= 15 is 0 Å². The van der Waals surface area contributed by atoms with E-state index in [9.17, 15) is 0 Å². The molecule has 6 nitrogen and oxygen atoms in total. The van der Waals surface area contributed by atoms with E-state index in [4.69, 9.17) is 0 Å². The Morgan fingerprint density at radius 1 is 1.31 bits per heavy atom. The summed E-state index contributed by atoms with van der Waals surface area (Å²) in [4.78, 5) is 15.6. The molecule has 3 rings (SSSR count). The molecular weight excluding hydrogens is 204 g/mol. The fraction of sp³-hybridized carbons (Fsp3) is 0.200. The van der Waals surface area contributed by atoms with Crippen molar-refractivity contribution < 1.29 is 0 Å². The lowest BCUT2D eigenvalue weighted by Gasteiger charge is -1.95. The predicted molar refractivity (Wildman–Crippen MR) is 58.6 cm³/mol. The van der Waals surface area contributed by atoms with Gasteiger partial charge in [0.05, 0.1) is 18.0 Å². The van der Waals surface area contributed by atoms with E-state index in [0.29, 0.717) is 5.65 Å². The first kappa shape index (κ1) is 9.02. The number of nitrogens with one attached hydrogen (secondary N) is 1. The van der Waals surface area contributed by atoms with Gasteiger partial charge in [0, 0.05) is 12.7 Å². The molecule has 0 bridgehead atoms. The first-order valence-corrected chi connectivity index (χ1v) is 4.90. The van der Waals surface area contributed by atoms with Gasteiger partial charge < -0.3 is 4.98 Å². The van der Waals surface area contributed by atoms with Crippen LogP contribution < -0.4 is 0 Å². The lowest BCUT2D eigenvalue weighted by molar-refractivity contribution is 0.740. The molecule has 0 saturated carbocycles. The molecule has 0 unspecified atom stereocenters. The summed E-state index contributed by atoms with van der Waals surface area (Å²) in [6, 6.07) is 0. The van der Waals surface area contributed by atoms with Crippen LogP contribution in [-0.4, -0.2) is 29.7 Å². The minimum absolute atomic E-state index is 0.674. The van der Waals surface area contributed by atoms with Crippen molar-refractivity contribution in [2.45, 2.75) is 6.92 Å². The molecule has 0 atom stereocenters. The van der Waals surface area contributed by atoms with Crippen molar-refractivity contribution in [3.63, 3.8) is 0 Å². The summed E-state index contributed by atoms with van der Waals surface area (Å²) >= 11 is 0. The highest BCUT2D eigenvalue weighted by atomic mass is 15.3. The Morgan fingerprint density at radius 3 is 2.88 bits per heavy atom. The molecule has 3 heterocycles. The normalized spacial score (nSPS) is 11.1. The average molecular weight is 214 g/mol. The van der Waals surface area contributed by atoms with E-state index in [1.807, 2.05) is 18.7 Å². The van der Waals surface area contributed by atoms with Gasteiger partial charge in [-0.25, -0.2) is 15.0 Å². The van der Waals surface area contributed by atoms with Crippen LogP contribution in [0.4, 0.5) is 0 Å². The molecule has 3 aromatic rings. The number of aromatic nitrogens is 6. The summed E-state index contributed by atoms with van der Waals surface area (Å²) in [7, 11) is 1.90. The number of aryl methyl sites for hydroxylation is 1. The van der Waals surface area contributed by atoms with Crippen molar-refractivity contribution in [1.29, 1.82) is 0 Å². The molecular formula is C10H10N6. The lowest BCUT2D eigenvalue weighted by atomic mass is 10.2. The van der Waals surface area contributed by atoms with E-state index in [0.717, 1.165) is 22.6 Å². The van der Waals surface area contributed by atoms with Crippen LogP contribution in [0.5, 0.6) is 0 Å². The van der Waals surface area contributed by atoms with Crippen molar-refractivity contribution in [1.82, 2.24) is 29.7 Å². The number of H-pyrrole nitrogens is 1. The van der Waals surface area contributed by atoms with Crippen LogP contribution in [0, 0.1) is 6.92 Å². The summed E-state index contributed by atoms with van der Waals surface area (Å²) in [6.45, 7) is 2.00. The highest BCUT2D eigenvalue weighted by Gasteiger charge is 2.11. The molecule has 0 radical (unpaired) electrons.